The van der Waals surface area contributed by atoms with Crippen LogP contribution in [0.3, 0.4) is 0 Å². The molecule has 0 bridgehead atoms. The van der Waals surface area contributed by atoms with Crippen molar-refractivity contribution in [1.82, 2.24) is 14.1 Å². The number of alkyl halides is 1. The molecule has 20 heavy (non-hydrogen) atoms. The Hall–Kier alpha value is -0.590. The van der Waals surface area contributed by atoms with Crippen molar-refractivity contribution in [3.05, 3.63) is 11.4 Å². The van der Waals surface area contributed by atoms with Crippen LogP contribution in [0.15, 0.2) is 4.90 Å². The SMILES string of the molecule is CCN(CC(C)C)S(=O)(=O)c1c(C)nn(CCCl)c1C. The smallest absolute Gasteiger partial charge is 0.246 e. The molecule has 1 heterocycles. The van der Waals surface area contributed by atoms with Gasteiger partial charge >= 0.3 is 0 Å². The number of rotatable bonds is 7. The lowest BCUT2D eigenvalue weighted by molar-refractivity contribution is 0.380. The summed E-state index contributed by atoms with van der Waals surface area (Å²) in [5.41, 5.74) is 1.19. The van der Waals surface area contributed by atoms with Gasteiger partial charge in [-0.25, -0.2) is 8.42 Å². The zero-order valence-electron chi connectivity index (χ0n) is 12.9. The Labute approximate surface area is 127 Å². The van der Waals surface area contributed by atoms with E-state index in [-0.39, 0.29) is 5.92 Å². The van der Waals surface area contributed by atoms with E-state index in [1.165, 1.54) is 4.31 Å². The molecule has 0 atom stereocenters. The molecule has 1 rings (SSSR count). The van der Waals surface area contributed by atoms with E-state index < -0.39 is 10.0 Å². The number of sulfonamides is 1. The van der Waals surface area contributed by atoms with Crippen molar-refractivity contribution in [2.75, 3.05) is 19.0 Å². The van der Waals surface area contributed by atoms with E-state index in [1.807, 2.05) is 20.8 Å². The minimum absolute atomic E-state index is 0.281. The van der Waals surface area contributed by atoms with Gasteiger partial charge in [0.2, 0.25) is 10.0 Å². The fraction of sp³-hybridized carbons (Fsp3) is 0.769. The second-order valence-electron chi connectivity index (χ2n) is 5.26. The predicted octanol–water partition coefficient (Wildman–Crippen LogP) is 2.41. The second-order valence-corrected chi connectivity index (χ2v) is 7.51. The molecular formula is C13H24ClN3O2S. The van der Waals surface area contributed by atoms with Crippen LogP contribution in [0.25, 0.3) is 0 Å². The van der Waals surface area contributed by atoms with Crippen LogP contribution in [0.5, 0.6) is 0 Å². The van der Waals surface area contributed by atoms with Crippen molar-refractivity contribution in [3.63, 3.8) is 0 Å². The predicted molar refractivity (Wildman–Crippen MR) is 81.7 cm³/mol. The summed E-state index contributed by atoms with van der Waals surface area (Å²) in [6.45, 7) is 10.9. The number of halogens is 1. The monoisotopic (exact) mass is 321 g/mol. The molecule has 0 aliphatic heterocycles. The van der Waals surface area contributed by atoms with E-state index in [0.29, 0.717) is 41.8 Å². The lowest BCUT2D eigenvalue weighted by Crippen LogP contribution is -2.34. The minimum Gasteiger partial charge on any atom is -0.267 e. The highest BCUT2D eigenvalue weighted by atomic mass is 35.5. The zero-order chi connectivity index (χ0) is 15.5. The Morgan fingerprint density at radius 3 is 2.40 bits per heavy atom. The third kappa shape index (κ3) is 3.54. The topological polar surface area (TPSA) is 55.2 Å². The van der Waals surface area contributed by atoms with Crippen LogP contribution >= 0.6 is 11.6 Å². The normalized spacial score (nSPS) is 12.6. The first-order valence-corrected chi connectivity index (χ1v) is 8.83. The molecule has 0 radical (unpaired) electrons. The molecule has 1 aromatic heterocycles. The van der Waals surface area contributed by atoms with Crippen molar-refractivity contribution in [3.8, 4) is 0 Å². The second kappa shape index (κ2) is 6.91. The van der Waals surface area contributed by atoms with Gasteiger partial charge in [0.15, 0.2) is 0 Å². The molecule has 0 saturated carbocycles. The van der Waals surface area contributed by atoms with E-state index in [9.17, 15) is 8.42 Å². The fourth-order valence-electron chi connectivity index (χ4n) is 2.29. The summed E-state index contributed by atoms with van der Waals surface area (Å²) in [5.74, 6) is 0.688. The average Bonchev–Trinajstić information content (AvgIpc) is 2.62. The van der Waals surface area contributed by atoms with E-state index in [1.54, 1.807) is 18.5 Å². The molecule has 7 heteroatoms. The first kappa shape index (κ1) is 17.5. The lowest BCUT2D eigenvalue weighted by atomic mass is 10.2. The standard InChI is InChI=1S/C13H24ClN3O2S/c1-6-16(9-10(2)3)20(18,19)13-11(4)15-17(8-7-14)12(13)5/h10H,6-9H2,1-5H3. The molecule has 0 unspecified atom stereocenters. The van der Waals surface area contributed by atoms with E-state index in [4.69, 9.17) is 11.6 Å². The molecule has 0 aliphatic carbocycles. The van der Waals surface area contributed by atoms with E-state index in [0.717, 1.165) is 0 Å². The third-order valence-electron chi connectivity index (χ3n) is 3.13. The van der Waals surface area contributed by atoms with Crippen LogP contribution in [0.4, 0.5) is 0 Å². The number of hydrogen-bond acceptors (Lipinski definition) is 3. The Morgan fingerprint density at radius 2 is 1.95 bits per heavy atom. The summed E-state index contributed by atoms with van der Waals surface area (Å²) < 4.78 is 28.8. The van der Waals surface area contributed by atoms with E-state index in [2.05, 4.69) is 5.10 Å². The summed E-state index contributed by atoms with van der Waals surface area (Å²) in [4.78, 5) is 0.324. The van der Waals surface area contributed by atoms with Crippen LogP contribution in [-0.2, 0) is 16.6 Å². The maximum Gasteiger partial charge on any atom is 0.246 e. The number of nitrogens with zero attached hydrogens (tertiary/aromatic N) is 3. The van der Waals surface area contributed by atoms with Crippen molar-refractivity contribution < 1.29 is 8.42 Å². The Balaban J connectivity index is 3.27. The lowest BCUT2D eigenvalue weighted by Gasteiger charge is -2.22. The van der Waals surface area contributed by atoms with Crippen LogP contribution < -0.4 is 0 Å². The molecule has 0 aromatic carbocycles. The van der Waals surface area contributed by atoms with Crippen molar-refractivity contribution in [1.29, 1.82) is 0 Å². The molecule has 0 N–H and O–H groups in total. The van der Waals surface area contributed by atoms with Crippen molar-refractivity contribution >= 4 is 21.6 Å². The van der Waals surface area contributed by atoms with Gasteiger partial charge in [0.05, 0.1) is 17.9 Å². The summed E-state index contributed by atoms with van der Waals surface area (Å²) in [6.07, 6.45) is 0. The van der Waals surface area contributed by atoms with Gasteiger partial charge in [0.1, 0.15) is 4.90 Å². The van der Waals surface area contributed by atoms with Gasteiger partial charge in [-0.3, -0.25) is 4.68 Å². The highest BCUT2D eigenvalue weighted by molar-refractivity contribution is 7.89. The van der Waals surface area contributed by atoms with Gasteiger partial charge in [-0.05, 0) is 19.8 Å². The molecule has 0 aliphatic rings. The summed E-state index contributed by atoms with van der Waals surface area (Å²) >= 11 is 5.72. The molecule has 1 aromatic rings. The maximum atomic E-state index is 12.8. The first-order chi connectivity index (χ1) is 9.25. The van der Waals surface area contributed by atoms with Gasteiger partial charge in [-0.2, -0.15) is 9.40 Å². The summed E-state index contributed by atoms with van der Waals surface area (Å²) in [5, 5.41) is 4.29. The maximum absolute atomic E-state index is 12.8. The highest BCUT2D eigenvalue weighted by Gasteiger charge is 2.30. The third-order valence-corrected chi connectivity index (χ3v) is 5.49. The molecule has 116 valence electrons. The first-order valence-electron chi connectivity index (χ1n) is 6.85. The van der Waals surface area contributed by atoms with Gasteiger partial charge in [0, 0.05) is 19.0 Å². The molecular weight excluding hydrogens is 298 g/mol. The van der Waals surface area contributed by atoms with Gasteiger partial charge in [-0.1, -0.05) is 20.8 Å². The molecule has 0 amide bonds. The van der Waals surface area contributed by atoms with Crippen LogP contribution in [-0.4, -0.2) is 41.5 Å². The highest BCUT2D eigenvalue weighted by Crippen LogP contribution is 2.24. The largest absolute Gasteiger partial charge is 0.267 e. The quantitative estimate of drug-likeness (QED) is 0.725. The van der Waals surface area contributed by atoms with Crippen LogP contribution in [0.1, 0.15) is 32.2 Å². The Morgan fingerprint density at radius 1 is 1.35 bits per heavy atom. The van der Waals surface area contributed by atoms with Gasteiger partial charge in [-0.15, -0.1) is 11.6 Å². The molecule has 0 saturated heterocycles. The number of aryl methyl sites for hydroxylation is 2. The summed E-state index contributed by atoms with van der Waals surface area (Å²) in [6, 6.07) is 0. The Kier molecular flexibility index (Phi) is 6.04. The molecule has 0 fully saturated rings. The zero-order valence-corrected chi connectivity index (χ0v) is 14.4. The van der Waals surface area contributed by atoms with Gasteiger partial charge in [0.25, 0.3) is 0 Å². The van der Waals surface area contributed by atoms with Crippen LogP contribution in [0.2, 0.25) is 0 Å². The summed E-state index contributed by atoms with van der Waals surface area (Å²) in [7, 11) is -3.50. The van der Waals surface area contributed by atoms with Crippen molar-refractivity contribution in [2.45, 2.75) is 46.1 Å². The fourth-order valence-corrected chi connectivity index (χ4v) is 4.43. The molecule has 0 spiro atoms. The number of hydrogen-bond donors (Lipinski definition) is 0. The Bertz CT molecular complexity index is 552. The van der Waals surface area contributed by atoms with Crippen molar-refractivity contribution in [2.24, 2.45) is 5.92 Å². The van der Waals surface area contributed by atoms with E-state index >= 15 is 0 Å². The minimum atomic E-state index is -3.50. The average molecular weight is 322 g/mol. The van der Waals surface area contributed by atoms with Gasteiger partial charge < -0.3 is 0 Å². The molecule has 5 nitrogen and oxygen atoms in total. The number of aromatic nitrogens is 2. The van der Waals surface area contributed by atoms with Crippen LogP contribution in [0, 0.1) is 19.8 Å².